The number of nitrogens with one attached hydrogen (secondary N) is 1. The van der Waals surface area contributed by atoms with Gasteiger partial charge in [-0.1, -0.05) is 11.6 Å². The van der Waals surface area contributed by atoms with Crippen LogP contribution in [-0.2, 0) is 4.79 Å². The van der Waals surface area contributed by atoms with Crippen molar-refractivity contribution in [2.24, 2.45) is 16.9 Å². The Labute approximate surface area is 129 Å². The van der Waals surface area contributed by atoms with Crippen LogP contribution in [0.2, 0.25) is 5.02 Å². The van der Waals surface area contributed by atoms with E-state index in [-0.39, 0.29) is 12.5 Å². The number of hydrogen-bond donors (Lipinski definition) is 1. The van der Waals surface area contributed by atoms with E-state index in [0.29, 0.717) is 22.6 Å². The molecule has 1 aromatic rings. The maximum atomic E-state index is 11.8. The number of benzene rings is 1. The molecule has 4 nitrogen and oxygen atoms in total. The summed E-state index contributed by atoms with van der Waals surface area (Å²) in [5.41, 5.74) is 4.72. The van der Waals surface area contributed by atoms with Crippen molar-refractivity contribution in [3.63, 3.8) is 0 Å². The molecular formula is C16H19ClN2O2. The highest BCUT2D eigenvalue weighted by Gasteiger charge is 2.38. The van der Waals surface area contributed by atoms with Gasteiger partial charge in [-0.2, -0.15) is 5.10 Å². The van der Waals surface area contributed by atoms with Crippen LogP contribution >= 0.6 is 11.6 Å². The summed E-state index contributed by atoms with van der Waals surface area (Å²) in [6.45, 7) is 1.87. The summed E-state index contributed by atoms with van der Waals surface area (Å²) in [5.74, 6) is 1.67. The van der Waals surface area contributed by atoms with Crippen molar-refractivity contribution in [1.82, 2.24) is 5.43 Å². The molecule has 0 atom stereocenters. The van der Waals surface area contributed by atoms with E-state index in [0.717, 1.165) is 5.56 Å². The van der Waals surface area contributed by atoms with Gasteiger partial charge in [-0.25, -0.2) is 5.43 Å². The lowest BCUT2D eigenvalue weighted by atomic mass is 10.2. The molecule has 0 heterocycles. The number of halogens is 1. The molecule has 0 aromatic heterocycles. The topological polar surface area (TPSA) is 50.7 Å². The van der Waals surface area contributed by atoms with Crippen LogP contribution in [0.25, 0.3) is 0 Å². The average Bonchev–Trinajstić information content (AvgIpc) is 3.31. The molecule has 0 spiro atoms. The van der Waals surface area contributed by atoms with Gasteiger partial charge in [0.25, 0.3) is 5.91 Å². The van der Waals surface area contributed by atoms with Crippen molar-refractivity contribution in [1.29, 1.82) is 0 Å². The van der Waals surface area contributed by atoms with Crippen molar-refractivity contribution in [3.05, 3.63) is 28.8 Å². The van der Waals surface area contributed by atoms with Gasteiger partial charge in [0.2, 0.25) is 0 Å². The van der Waals surface area contributed by atoms with Crippen LogP contribution in [0.3, 0.4) is 0 Å². The van der Waals surface area contributed by atoms with Crippen molar-refractivity contribution < 1.29 is 9.53 Å². The fraction of sp³-hybridized carbons (Fsp3) is 0.500. The van der Waals surface area contributed by atoms with Crippen molar-refractivity contribution >= 4 is 23.2 Å². The standard InChI is InChI=1S/C16H19ClN2O2/c1-10-8-13(17)6-7-14(10)21-9-15(20)18-19-16(11-2-3-11)12-4-5-12/h6-8,11-12H,2-5,9H2,1H3,(H,18,20). The zero-order valence-corrected chi connectivity index (χ0v) is 12.8. The number of carbonyl (C=O) groups is 1. The minimum atomic E-state index is -0.219. The molecule has 2 saturated carbocycles. The zero-order valence-electron chi connectivity index (χ0n) is 12.1. The maximum absolute atomic E-state index is 11.8. The molecule has 0 bridgehead atoms. The van der Waals surface area contributed by atoms with E-state index in [1.54, 1.807) is 12.1 Å². The molecule has 5 heteroatoms. The third-order valence-electron chi connectivity index (χ3n) is 3.80. The lowest BCUT2D eigenvalue weighted by molar-refractivity contribution is -0.123. The number of hydrazone groups is 1. The molecule has 112 valence electrons. The average molecular weight is 307 g/mol. The van der Waals surface area contributed by atoms with Gasteiger partial charge in [-0.3, -0.25) is 4.79 Å². The largest absolute Gasteiger partial charge is 0.483 e. The molecule has 0 unspecified atom stereocenters. The Balaban J connectivity index is 1.51. The lowest BCUT2D eigenvalue weighted by Gasteiger charge is -2.09. The summed E-state index contributed by atoms with van der Waals surface area (Å²) in [6.07, 6.45) is 4.86. The number of carbonyl (C=O) groups excluding carboxylic acids is 1. The van der Waals surface area contributed by atoms with Gasteiger partial charge in [-0.05, 0) is 68.2 Å². The Hall–Kier alpha value is -1.55. The first-order valence-electron chi connectivity index (χ1n) is 7.39. The van der Waals surface area contributed by atoms with Gasteiger partial charge in [0.05, 0.1) is 0 Å². The van der Waals surface area contributed by atoms with E-state index in [1.165, 1.54) is 31.4 Å². The Morgan fingerprint density at radius 3 is 2.57 bits per heavy atom. The maximum Gasteiger partial charge on any atom is 0.277 e. The molecule has 0 saturated heterocycles. The number of ether oxygens (including phenoxy) is 1. The third-order valence-corrected chi connectivity index (χ3v) is 4.03. The minimum Gasteiger partial charge on any atom is -0.483 e. The van der Waals surface area contributed by atoms with Crippen LogP contribution in [0.5, 0.6) is 5.75 Å². The first-order valence-corrected chi connectivity index (χ1v) is 7.76. The van der Waals surface area contributed by atoms with Crippen molar-refractivity contribution in [2.45, 2.75) is 32.6 Å². The van der Waals surface area contributed by atoms with Gasteiger partial charge in [0.15, 0.2) is 6.61 Å². The summed E-state index contributed by atoms with van der Waals surface area (Å²) in [5, 5.41) is 4.97. The highest BCUT2D eigenvalue weighted by Crippen LogP contribution is 2.41. The first kappa shape index (κ1) is 14.4. The Bertz CT molecular complexity index is 564. The van der Waals surface area contributed by atoms with Gasteiger partial charge in [-0.15, -0.1) is 0 Å². The van der Waals surface area contributed by atoms with E-state index < -0.39 is 0 Å². The molecule has 2 aliphatic carbocycles. The summed E-state index contributed by atoms with van der Waals surface area (Å²) >= 11 is 5.88. The molecule has 0 aliphatic heterocycles. The van der Waals surface area contributed by atoms with Crippen LogP contribution in [0.15, 0.2) is 23.3 Å². The third kappa shape index (κ3) is 3.97. The quantitative estimate of drug-likeness (QED) is 0.647. The Morgan fingerprint density at radius 1 is 1.33 bits per heavy atom. The predicted octanol–water partition coefficient (Wildman–Crippen LogP) is 3.32. The summed E-state index contributed by atoms with van der Waals surface area (Å²) in [4.78, 5) is 11.8. The molecule has 0 radical (unpaired) electrons. The predicted molar refractivity (Wildman–Crippen MR) is 82.7 cm³/mol. The highest BCUT2D eigenvalue weighted by molar-refractivity contribution is 6.30. The normalized spacial score (nSPS) is 17.2. The SMILES string of the molecule is Cc1cc(Cl)ccc1OCC(=O)NN=C(C1CC1)C1CC1. The van der Waals surface area contributed by atoms with Gasteiger partial charge >= 0.3 is 0 Å². The summed E-state index contributed by atoms with van der Waals surface area (Å²) in [7, 11) is 0. The molecule has 2 aliphatic rings. The fourth-order valence-electron chi connectivity index (χ4n) is 2.35. The van der Waals surface area contributed by atoms with Crippen LogP contribution in [-0.4, -0.2) is 18.2 Å². The Morgan fingerprint density at radius 2 is 2.00 bits per heavy atom. The molecular weight excluding hydrogens is 288 g/mol. The molecule has 1 aromatic carbocycles. The van der Waals surface area contributed by atoms with Gasteiger partial charge in [0, 0.05) is 10.7 Å². The van der Waals surface area contributed by atoms with Crippen LogP contribution in [0, 0.1) is 18.8 Å². The number of amides is 1. The van der Waals surface area contributed by atoms with E-state index in [1.807, 2.05) is 13.0 Å². The van der Waals surface area contributed by atoms with Gasteiger partial charge < -0.3 is 4.74 Å². The molecule has 21 heavy (non-hydrogen) atoms. The van der Waals surface area contributed by atoms with Crippen LogP contribution in [0.4, 0.5) is 0 Å². The smallest absolute Gasteiger partial charge is 0.277 e. The second-order valence-electron chi connectivity index (χ2n) is 5.82. The van der Waals surface area contributed by atoms with E-state index in [2.05, 4.69) is 10.5 Å². The van der Waals surface area contributed by atoms with E-state index in [9.17, 15) is 4.79 Å². The van der Waals surface area contributed by atoms with E-state index in [4.69, 9.17) is 16.3 Å². The number of hydrogen-bond acceptors (Lipinski definition) is 3. The van der Waals surface area contributed by atoms with Crippen molar-refractivity contribution in [3.8, 4) is 5.75 Å². The highest BCUT2D eigenvalue weighted by atomic mass is 35.5. The van der Waals surface area contributed by atoms with E-state index >= 15 is 0 Å². The van der Waals surface area contributed by atoms with Gasteiger partial charge in [0.1, 0.15) is 5.75 Å². The second-order valence-corrected chi connectivity index (χ2v) is 6.26. The fourth-order valence-corrected chi connectivity index (χ4v) is 2.58. The number of aryl methyl sites for hydroxylation is 1. The lowest BCUT2D eigenvalue weighted by Crippen LogP contribution is -2.26. The second kappa shape index (κ2) is 6.06. The molecule has 3 rings (SSSR count). The van der Waals surface area contributed by atoms with Crippen LogP contribution in [0.1, 0.15) is 31.2 Å². The zero-order chi connectivity index (χ0) is 14.8. The monoisotopic (exact) mass is 306 g/mol. The molecule has 1 N–H and O–H groups in total. The minimum absolute atomic E-state index is 0.0331. The van der Waals surface area contributed by atoms with Crippen molar-refractivity contribution in [2.75, 3.05) is 6.61 Å². The summed E-state index contributed by atoms with van der Waals surface area (Å²) < 4.78 is 5.50. The summed E-state index contributed by atoms with van der Waals surface area (Å²) in [6, 6.07) is 5.33. The molecule has 2 fully saturated rings. The molecule has 1 amide bonds. The first-order chi connectivity index (χ1) is 10.1. The number of nitrogens with zero attached hydrogens (tertiary/aromatic N) is 1. The van der Waals surface area contributed by atoms with Crippen LogP contribution < -0.4 is 10.2 Å². The number of rotatable bonds is 6. The Kier molecular flexibility index (Phi) is 4.15.